The molecule has 0 aromatic heterocycles. The molecule has 0 radical (unpaired) electrons. The van der Waals surface area contributed by atoms with Gasteiger partial charge in [-0.1, -0.05) is 24.3 Å². The lowest BCUT2D eigenvalue weighted by Crippen LogP contribution is -2.29. The van der Waals surface area contributed by atoms with Crippen molar-refractivity contribution in [3.8, 4) is 5.75 Å². The number of hydrogen-bond donors (Lipinski definition) is 1. The fraction of sp³-hybridized carbons (Fsp3) is 0.217. The number of thioether (sulfide) groups is 1. The van der Waals surface area contributed by atoms with E-state index in [1.54, 1.807) is 35.2 Å². The second kappa shape index (κ2) is 9.47. The summed E-state index contributed by atoms with van der Waals surface area (Å²) in [5.41, 5.74) is 2.73. The Hall–Kier alpha value is -2.99. The Labute approximate surface area is 176 Å². The van der Waals surface area contributed by atoms with Gasteiger partial charge in [0.2, 0.25) is 0 Å². The molecule has 1 N–H and O–H groups in total. The van der Waals surface area contributed by atoms with Crippen molar-refractivity contribution in [3.63, 3.8) is 0 Å². The lowest BCUT2D eigenvalue weighted by Gasteiger charge is -2.20. The molecular weight excluding hydrogens is 382 g/mol. The lowest BCUT2D eigenvalue weighted by molar-refractivity contribution is -0.121. The Bertz CT molecular complexity index is 947. The molecule has 1 amide bonds. The Kier molecular flexibility index (Phi) is 6.77. The summed E-state index contributed by atoms with van der Waals surface area (Å²) in [5, 5.41) is 10.2. The maximum absolute atomic E-state index is 12.9. The highest BCUT2D eigenvalue weighted by Crippen LogP contribution is 2.34. The smallest absolute Gasteiger partial charge is 0.267 e. The molecule has 29 heavy (non-hydrogen) atoms. The van der Waals surface area contributed by atoms with Crippen LogP contribution in [-0.2, 0) is 4.79 Å². The first-order chi connectivity index (χ1) is 14.0. The number of phenols is 1. The minimum absolute atomic E-state index is 0.0957. The number of phenolic OH excluding ortho intramolecular Hbond substituents is 1. The van der Waals surface area contributed by atoms with Gasteiger partial charge in [0, 0.05) is 31.4 Å². The fourth-order valence-electron chi connectivity index (χ4n) is 3.08. The van der Waals surface area contributed by atoms with E-state index in [4.69, 9.17) is 0 Å². The number of amides is 1. The second-order valence-electron chi connectivity index (χ2n) is 6.49. The third-order valence-corrected chi connectivity index (χ3v) is 5.58. The van der Waals surface area contributed by atoms with Crippen molar-refractivity contribution in [1.82, 2.24) is 4.90 Å². The molecule has 0 spiro atoms. The van der Waals surface area contributed by atoms with E-state index in [0.29, 0.717) is 22.3 Å². The van der Waals surface area contributed by atoms with Gasteiger partial charge in [-0.2, -0.15) is 0 Å². The van der Waals surface area contributed by atoms with E-state index in [1.807, 2.05) is 18.2 Å². The number of rotatable bonds is 7. The van der Waals surface area contributed by atoms with E-state index >= 15 is 0 Å². The third-order valence-electron chi connectivity index (χ3n) is 4.57. The zero-order valence-electron chi connectivity index (χ0n) is 16.7. The average molecular weight is 408 g/mol. The van der Waals surface area contributed by atoms with Gasteiger partial charge in [0.25, 0.3) is 5.91 Å². The second-order valence-corrected chi connectivity index (χ2v) is 7.50. The van der Waals surface area contributed by atoms with Gasteiger partial charge in [-0.05, 0) is 61.5 Å². The molecule has 0 bridgehead atoms. The summed E-state index contributed by atoms with van der Waals surface area (Å²) in [6, 6.07) is 14.9. The van der Waals surface area contributed by atoms with Crippen molar-refractivity contribution >= 4 is 40.3 Å². The van der Waals surface area contributed by atoms with E-state index in [0.717, 1.165) is 18.7 Å². The quantitative estimate of drug-likeness (QED) is 0.517. The summed E-state index contributed by atoms with van der Waals surface area (Å²) in [6.07, 6.45) is 3.57. The van der Waals surface area contributed by atoms with Gasteiger partial charge in [-0.25, -0.2) is 4.99 Å². The van der Waals surface area contributed by atoms with E-state index in [9.17, 15) is 9.90 Å². The Balaban J connectivity index is 1.88. The van der Waals surface area contributed by atoms with Crippen molar-refractivity contribution in [1.29, 1.82) is 0 Å². The molecule has 1 aliphatic heterocycles. The van der Waals surface area contributed by atoms with Crippen molar-refractivity contribution in [2.45, 2.75) is 13.8 Å². The Morgan fingerprint density at radius 1 is 1.17 bits per heavy atom. The zero-order chi connectivity index (χ0) is 20.8. The summed E-state index contributed by atoms with van der Waals surface area (Å²) in [6.45, 7) is 10.3. The maximum atomic E-state index is 12.9. The molecule has 0 aliphatic carbocycles. The van der Waals surface area contributed by atoms with Gasteiger partial charge in [0.1, 0.15) is 5.75 Å². The number of aliphatic imine (C=N–C) groups is 1. The number of benzene rings is 2. The minimum Gasteiger partial charge on any atom is -0.508 e. The van der Waals surface area contributed by atoms with Gasteiger partial charge in [0.15, 0.2) is 5.17 Å². The highest BCUT2D eigenvalue weighted by atomic mass is 32.2. The number of anilines is 1. The van der Waals surface area contributed by atoms with Gasteiger partial charge in [0.05, 0.1) is 10.6 Å². The van der Waals surface area contributed by atoms with Crippen LogP contribution in [0.4, 0.5) is 11.4 Å². The van der Waals surface area contributed by atoms with Crippen LogP contribution in [0.2, 0.25) is 0 Å². The molecule has 0 saturated carbocycles. The Morgan fingerprint density at radius 3 is 2.52 bits per heavy atom. The van der Waals surface area contributed by atoms with Crippen LogP contribution in [-0.4, -0.2) is 40.7 Å². The van der Waals surface area contributed by atoms with Gasteiger partial charge in [-0.15, -0.1) is 6.58 Å². The number of aromatic hydroxyl groups is 1. The molecule has 1 saturated heterocycles. The van der Waals surface area contributed by atoms with E-state index in [-0.39, 0.29) is 11.7 Å². The van der Waals surface area contributed by atoms with Crippen LogP contribution in [0, 0.1) is 0 Å². The van der Waals surface area contributed by atoms with Crippen LogP contribution in [0.5, 0.6) is 5.75 Å². The molecule has 3 rings (SSSR count). The first kappa shape index (κ1) is 20.7. The summed E-state index contributed by atoms with van der Waals surface area (Å²) < 4.78 is 0. The maximum Gasteiger partial charge on any atom is 0.267 e. The van der Waals surface area contributed by atoms with E-state index in [2.05, 4.69) is 42.5 Å². The molecular formula is C23H25N3O2S. The van der Waals surface area contributed by atoms with Gasteiger partial charge in [-0.3, -0.25) is 9.69 Å². The zero-order valence-corrected chi connectivity index (χ0v) is 17.5. The number of carbonyl (C=O) groups is 1. The number of hydrogen-bond acceptors (Lipinski definition) is 5. The molecule has 0 atom stereocenters. The third kappa shape index (κ3) is 4.90. The van der Waals surface area contributed by atoms with Crippen LogP contribution in [0.3, 0.4) is 0 Å². The van der Waals surface area contributed by atoms with E-state index < -0.39 is 0 Å². The van der Waals surface area contributed by atoms with E-state index in [1.165, 1.54) is 17.4 Å². The molecule has 1 aliphatic rings. The van der Waals surface area contributed by atoms with Crippen LogP contribution < -0.4 is 4.90 Å². The van der Waals surface area contributed by atoms with Crippen LogP contribution in [0.1, 0.15) is 19.4 Å². The summed E-state index contributed by atoms with van der Waals surface area (Å²) >= 11 is 1.33. The normalized spacial score (nSPS) is 16.6. The molecule has 1 heterocycles. The number of nitrogens with zero attached hydrogens (tertiary/aromatic N) is 3. The van der Waals surface area contributed by atoms with Crippen molar-refractivity contribution < 1.29 is 9.90 Å². The summed E-state index contributed by atoms with van der Waals surface area (Å²) in [7, 11) is 0. The van der Waals surface area contributed by atoms with Gasteiger partial charge < -0.3 is 10.0 Å². The van der Waals surface area contributed by atoms with Crippen molar-refractivity contribution in [3.05, 3.63) is 71.7 Å². The molecule has 2 aromatic rings. The predicted molar refractivity (Wildman–Crippen MR) is 123 cm³/mol. The van der Waals surface area contributed by atoms with Crippen molar-refractivity contribution in [2.24, 2.45) is 4.99 Å². The minimum atomic E-state index is -0.0957. The molecule has 6 heteroatoms. The summed E-state index contributed by atoms with van der Waals surface area (Å²) in [5.74, 6) is 0.0436. The lowest BCUT2D eigenvalue weighted by atomic mass is 10.1. The van der Waals surface area contributed by atoms with Crippen molar-refractivity contribution in [2.75, 3.05) is 24.5 Å². The number of amidine groups is 1. The highest BCUT2D eigenvalue weighted by molar-refractivity contribution is 8.18. The fourth-order valence-corrected chi connectivity index (χ4v) is 4.08. The monoisotopic (exact) mass is 407 g/mol. The van der Waals surface area contributed by atoms with Crippen LogP contribution in [0.15, 0.2) is 71.1 Å². The number of carbonyl (C=O) groups excluding carboxylic acids is 1. The van der Waals surface area contributed by atoms with Crippen LogP contribution >= 0.6 is 11.8 Å². The standard InChI is InChI=1S/C23H25N3O2S/c1-4-14-26-22(28)21(29-23(26)24-18-8-7-9-20(27)16-18)15-17-10-12-19(13-11-17)25(5-2)6-3/h4,7-13,15-16,27H,1,5-6,14H2,2-3H3. The first-order valence-corrected chi connectivity index (χ1v) is 10.4. The Morgan fingerprint density at radius 2 is 1.90 bits per heavy atom. The summed E-state index contributed by atoms with van der Waals surface area (Å²) in [4.78, 5) is 21.9. The molecule has 2 aromatic carbocycles. The highest BCUT2D eigenvalue weighted by Gasteiger charge is 2.32. The SMILES string of the molecule is C=CCN1C(=O)C(=Cc2ccc(N(CC)CC)cc2)SC1=Nc1cccc(O)c1. The predicted octanol–water partition coefficient (Wildman–Crippen LogP) is 5.03. The van der Waals surface area contributed by atoms with Gasteiger partial charge >= 0.3 is 0 Å². The largest absolute Gasteiger partial charge is 0.508 e. The molecule has 1 fully saturated rings. The molecule has 0 unspecified atom stereocenters. The molecule has 150 valence electrons. The topological polar surface area (TPSA) is 56.1 Å². The molecule has 5 nitrogen and oxygen atoms in total. The van der Waals surface area contributed by atoms with Crippen LogP contribution in [0.25, 0.3) is 6.08 Å². The first-order valence-electron chi connectivity index (χ1n) is 9.60. The average Bonchev–Trinajstić information content (AvgIpc) is 2.99.